The van der Waals surface area contributed by atoms with Crippen molar-refractivity contribution >= 4 is 103 Å². The van der Waals surface area contributed by atoms with Gasteiger partial charge in [-0.15, -0.1) is 11.3 Å². The summed E-state index contributed by atoms with van der Waals surface area (Å²) in [6.45, 7) is 0. The van der Waals surface area contributed by atoms with E-state index in [4.69, 9.17) is 4.42 Å². The lowest BCUT2D eigenvalue weighted by Crippen LogP contribution is -2.10. The number of fused-ring (bicyclic) bond motifs is 10. The molecule has 0 bridgehead atoms. The number of thiophene rings is 1. The first-order valence-corrected chi connectivity index (χ1v) is 20.2. The molecular formula is C54H33NOS. The molecule has 0 atom stereocenters. The fourth-order valence-electron chi connectivity index (χ4n) is 9.02. The van der Waals surface area contributed by atoms with Gasteiger partial charge in [0, 0.05) is 47.9 Å². The molecule has 0 unspecified atom stereocenters. The van der Waals surface area contributed by atoms with Crippen molar-refractivity contribution in [2.45, 2.75) is 0 Å². The van der Waals surface area contributed by atoms with Crippen LogP contribution in [0.5, 0.6) is 0 Å². The Labute approximate surface area is 333 Å². The minimum absolute atomic E-state index is 0.865. The lowest BCUT2D eigenvalue weighted by molar-refractivity contribution is 0.672. The van der Waals surface area contributed by atoms with Crippen LogP contribution in [0.2, 0.25) is 0 Å². The maximum absolute atomic E-state index is 6.94. The molecule has 0 fully saturated rings. The van der Waals surface area contributed by atoms with Gasteiger partial charge in [-0.25, -0.2) is 0 Å². The zero-order valence-electron chi connectivity index (χ0n) is 30.8. The summed E-state index contributed by atoms with van der Waals surface area (Å²) in [7, 11) is 0. The van der Waals surface area contributed by atoms with E-state index in [1.54, 1.807) is 0 Å². The number of nitrogens with zero attached hydrogens (tertiary/aromatic N) is 1. The molecule has 2 heterocycles. The van der Waals surface area contributed by atoms with Crippen molar-refractivity contribution in [3.8, 4) is 22.3 Å². The molecule has 0 saturated carbocycles. The standard InChI is InChI=1S/C54H33NOS/c1-2-15-36(16-3-1)41-21-11-26-50-51(41)45-23-10-22-44(54(45)57-50)46-33-47-52-48(24-12-25-49(52)56-53(47)43-20-9-8-19-42(43)46)55(39-29-27-34-13-4-6-17-37(34)31-39)40-30-28-35-14-5-7-18-38(35)32-40/h1-33H. The number of rotatable bonds is 5. The monoisotopic (exact) mass is 743 g/mol. The van der Waals surface area contributed by atoms with E-state index < -0.39 is 0 Å². The third-order valence-electron chi connectivity index (χ3n) is 11.6. The van der Waals surface area contributed by atoms with Crippen LogP contribution in [0.4, 0.5) is 17.1 Å². The summed E-state index contributed by atoms with van der Waals surface area (Å²) in [6.07, 6.45) is 0. The molecule has 0 N–H and O–H groups in total. The zero-order chi connectivity index (χ0) is 37.5. The Morgan fingerprint density at radius 3 is 1.75 bits per heavy atom. The van der Waals surface area contributed by atoms with E-state index in [1.807, 2.05) is 11.3 Å². The maximum atomic E-state index is 6.94. The van der Waals surface area contributed by atoms with Crippen molar-refractivity contribution in [3.05, 3.63) is 200 Å². The van der Waals surface area contributed by atoms with Crippen LogP contribution in [0.25, 0.3) is 96.7 Å². The van der Waals surface area contributed by atoms with E-state index in [9.17, 15) is 0 Å². The summed E-state index contributed by atoms with van der Waals surface area (Å²) in [4.78, 5) is 2.41. The van der Waals surface area contributed by atoms with Crippen molar-refractivity contribution in [2.75, 3.05) is 4.90 Å². The van der Waals surface area contributed by atoms with Crippen LogP contribution < -0.4 is 4.90 Å². The Morgan fingerprint density at radius 2 is 1.00 bits per heavy atom. The topological polar surface area (TPSA) is 16.4 Å². The van der Waals surface area contributed by atoms with Gasteiger partial charge in [-0.1, -0.05) is 152 Å². The Bertz CT molecular complexity index is 3460. The lowest BCUT2D eigenvalue weighted by atomic mass is 9.93. The molecule has 12 rings (SSSR count). The van der Waals surface area contributed by atoms with Crippen LogP contribution in [0.3, 0.4) is 0 Å². The van der Waals surface area contributed by atoms with E-state index in [0.717, 1.165) is 44.4 Å². The smallest absolute Gasteiger partial charge is 0.143 e. The molecule has 2 nitrogen and oxygen atoms in total. The quantitative estimate of drug-likeness (QED) is 0.175. The van der Waals surface area contributed by atoms with Gasteiger partial charge in [-0.2, -0.15) is 0 Å². The Balaban J connectivity index is 1.15. The predicted molar refractivity (Wildman–Crippen MR) is 245 cm³/mol. The number of hydrogen-bond donors (Lipinski definition) is 0. The molecule has 0 spiro atoms. The van der Waals surface area contributed by atoms with E-state index in [2.05, 4.69) is 205 Å². The highest BCUT2D eigenvalue weighted by molar-refractivity contribution is 7.26. The fraction of sp³-hybridized carbons (Fsp3) is 0. The largest absolute Gasteiger partial charge is 0.455 e. The Morgan fingerprint density at radius 1 is 0.386 bits per heavy atom. The van der Waals surface area contributed by atoms with Crippen LogP contribution >= 0.6 is 11.3 Å². The third-order valence-corrected chi connectivity index (χ3v) is 12.8. The molecule has 0 aliphatic heterocycles. The maximum Gasteiger partial charge on any atom is 0.143 e. The molecule has 0 saturated heterocycles. The minimum atomic E-state index is 0.865. The normalized spacial score (nSPS) is 11.9. The van der Waals surface area contributed by atoms with Gasteiger partial charge in [0.25, 0.3) is 0 Å². The first-order chi connectivity index (χ1) is 28.3. The lowest BCUT2D eigenvalue weighted by Gasteiger charge is -2.27. The fourth-order valence-corrected chi connectivity index (χ4v) is 10.3. The SMILES string of the molecule is c1ccc(-c2cccc3sc4c(-c5cc6c(oc7cccc(N(c8ccc9ccccc9c8)c8ccc9ccccc9c8)c76)c6ccccc56)cccc4c23)cc1. The molecule has 12 aromatic rings. The van der Waals surface area contributed by atoms with Crippen molar-refractivity contribution in [1.82, 2.24) is 0 Å². The summed E-state index contributed by atoms with van der Waals surface area (Å²) in [6, 6.07) is 72.6. The van der Waals surface area contributed by atoms with Crippen LogP contribution in [0.1, 0.15) is 0 Å². The van der Waals surface area contributed by atoms with Gasteiger partial charge in [0.1, 0.15) is 11.2 Å². The predicted octanol–water partition coefficient (Wildman–Crippen LogP) is 16.2. The average molecular weight is 744 g/mol. The van der Waals surface area contributed by atoms with E-state index >= 15 is 0 Å². The molecular weight excluding hydrogens is 711 g/mol. The molecule has 2 aromatic heterocycles. The molecule has 266 valence electrons. The van der Waals surface area contributed by atoms with Gasteiger partial charge in [0.2, 0.25) is 0 Å². The second-order valence-electron chi connectivity index (χ2n) is 14.8. The number of furan rings is 1. The molecule has 10 aromatic carbocycles. The van der Waals surface area contributed by atoms with Crippen molar-refractivity contribution < 1.29 is 4.42 Å². The van der Waals surface area contributed by atoms with Crippen molar-refractivity contribution in [1.29, 1.82) is 0 Å². The zero-order valence-corrected chi connectivity index (χ0v) is 31.6. The summed E-state index contributed by atoms with van der Waals surface area (Å²) in [5.74, 6) is 0. The molecule has 0 radical (unpaired) electrons. The first-order valence-electron chi connectivity index (χ1n) is 19.4. The number of hydrogen-bond acceptors (Lipinski definition) is 3. The van der Waals surface area contributed by atoms with Crippen molar-refractivity contribution in [3.63, 3.8) is 0 Å². The summed E-state index contributed by atoms with van der Waals surface area (Å²) in [5, 5.41) is 11.9. The highest BCUT2D eigenvalue weighted by atomic mass is 32.1. The highest BCUT2D eigenvalue weighted by Gasteiger charge is 2.23. The van der Waals surface area contributed by atoms with Crippen LogP contribution in [0, 0.1) is 0 Å². The van der Waals surface area contributed by atoms with Crippen LogP contribution in [-0.4, -0.2) is 0 Å². The average Bonchev–Trinajstić information content (AvgIpc) is 3.86. The van der Waals surface area contributed by atoms with Gasteiger partial charge in [0.15, 0.2) is 0 Å². The van der Waals surface area contributed by atoms with Crippen molar-refractivity contribution in [2.24, 2.45) is 0 Å². The van der Waals surface area contributed by atoms with Crippen LogP contribution in [0.15, 0.2) is 205 Å². The third kappa shape index (κ3) is 5.03. The first kappa shape index (κ1) is 32.1. The molecule has 0 aliphatic rings. The molecule has 0 amide bonds. The number of anilines is 3. The van der Waals surface area contributed by atoms with Gasteiger partial charge in [0.05, 0.1) is 11.1 Å². The van der Waals surface area contributed by atoms with Crippen LogP contribution in [-0.2, 0) is 0 Å². The van der Waals surface area contributed by atoms with Gasteiger partial charge < -0.3 is 9.32 Å². The van der Waals surface area contributed by atoms with E-state index in [0.29, 0.717) is 0 Å². The summed E-state index contributed by atoms with van der Waals surface area (Å²) < 4.78 is 9.52. The molecule has 3 heteroatoms. The summed E-state index contributed by atoms with van der Waals surface area (Å²) in [5.41, 5.74) is 9.98. The molecule has 0 aliphatic carbocycles. The number of benzene rings is 10. The van der Waals surface area contributed by atoms with Gasteiger partial charge >= 0.3 is 0 Å². The summed E-state index contributed by atoms with van der Waals surface area (Å²) >= 11 is 1.88. The minimum Gasteiger partial charge on any atom is -0.455 e. The van der Waals surface area contributed by atoms with Gasteiger partial charge in [-0.3, -0.25) is 0 Å². The van der Waals surface area contributed by atoms with E-state index in [-0.39, 0.29) is 0 Å². The highest BCUT2D eigenvalue weighted by Crippen LogP contribution is 2.49. The van der Waals surface area contributed by atoms with E-state index in [1.165, 1.54) is 69.4 Å². The van der Waals surface area contributed by atoms with Gasteiger partial charge in [-0.05, 0) is 92.2 Å². The Kier molecular flexibility index (Phi) is 7.13. The Hall–Kier alpha value is -7.20. The second kappa shape index (κ2) is 12.7. The second-order valence-corrected chi connectivity index (χ2v) is 15.9. The molecule has 57 heavy (non-hydrogen) atoms.